The van der Waals surface area contributed by atoms with E-state index in [1.54, 1.807) is 0 Å². The van der Waals surface area contributed by atoms with Gasteiger partial charge in [-0.25, -0.2) is 0 Å². The molecule has 3 aromatic rings. The van der Waals surface area contributed by atoms with Crippen LogP contribution in [0.5, 0.6) is 0 Å². The van der Waals surface area contributed by atoms with E-state index in [0.717, 1.165) is 12.1 Å². The maximum Gasteiger partial charge on any atom is 0.0684 e. The molecule has 100 valence electrons. The first-order chi connectivity index (χ1) is 9.74. The van der Waals surface area contributed by atoms with Crippen LogP contribution < -0.4 is 0 Å². The van der Waals surface area contributed by atoms with Crippen LogP contribution in [0.3, 0.4) is 0 Å². The van der Waals surface area contributed by atoms with Crippen LogP contribution in [0.4, 0.5) is 0 Å². The molecule has 2 aromatic carbocycles. The fourth-order valence-electron chi connectivity index (χ4n) is 2.60. The highest BCUT2D eigenvalue weighted by molar-refractivity contribution is 5.65. The summed E-state index contributed by atoms with van der Waals surface area (Å²) in [6, 6.07) is 21.3. The highest BCUT2D eigenvalue weighted by atomic mass is 15.3. The van der Waals surface area contributed by atoms with Crippen LogP contribution in [-0.4, -0.2) is 9.78 Å². The smallest absolute Gasteiger partial charge is 0.0684 e. The van der Waals surface area contributed by atoms with E-state index < -0.39 is 0 Å². The van der Waals surface area contributed by atoms with Gasteiger partial charge in [-0.15, -0.1) is 0 Å². The third-order valence-corrected chi connectivity index (χ3v) is 3.53. The second-order valence-electron chi connectivity index (χ2n) is 5.11. The predicted molar refractivity (Wildman–Crippen MR) is 82.6 cm³/mol. The Morgan fingerprint density at radius 1 is 0.950 bits per heavy atom. The van der Waals surface area contributed by atoms with Crippen LogP contribution in [0, 0.1) is 6.92 Å². The van der Waals surface area contributed by atoms with Gasteiger partial charge >= 0.3 is 0 Å². The second-order valence-corrected chi connectivity index (χ2v) is 5.11. The molecule has 1 aromatic heterocycles. The maximum absolute atomic E-state index is 4.45. The third kappa shape index (κ3) is 2.50. The highest BCUT2D eigenvalue weighted by Gasteiger charge is 2.09. The molecule has 0 aliphatic carbocycles. The van der Waals surface area contributed by atoms with Crippen molar-refractivity contribution in [2.24, 2.45) is 7.05 Å². The van der Waals surface area contributed by atoms with E-state index in [9.17, 15) is 0 Å². The lowest BCUT2D eigenvalue weighted by molar-refractivity contribution is 0.763. The molecule has 0 saturated heterocycles. The van der Waals surface area contributed by atoms with Crippen molar-refractivity contribution in [1.82, 2.24) is 9.78 Å². The molecule has 0 fully saturated rings. The summed E-state index contributed by atoms with van der Waals surface area (Å²) < 4.78 is 1.96. The molecule has 20 heavy (non-hydrogen) atoms. The Labute approximate surface area is 119 Å². The highest BCUT2D eigenvalue weighted by Crippen LogP contribution is 2.25. The number of hydrogen-bond donors (Lipinski definition) is 0. The van der Waals surface area contributed by atoms with Gasteiger partial charge in [0.15, 0.2) is 0 Å². The van der Waals surface area contributed by atoms with E-state index in [1.807, 2.05) is 18.7 Å². The first-order valence-corrected chi connectivity index (χ1v) is 6.87. The standard InChI is InChI=1S/C18H18N2/c1-14-12-18(20(2)19-14)17-11-7-6-10-16(17)13-15-8-4-3-5-9-15/h3-12H,13H2,1-2H3. The predicted octanol–water partition coefficient (Wildman–Crippen LogP) is 3.99. The molecule has 0 radical (unpaired) electrons. The van der Waals surface area contributed by atoms with Gasteiger partial charge in [0.25, 0.3) is 0 Å². The summed E-state index contributed by atoms with van der Waals surface area (Å²) in [5.74, 6) is 0. The Kier molecular flexibility index (Phi) is 3.38. The topological polar surface area (TPSA) is 17.8 Å². The number of aryl methyl sites for hydroxylation is 2. The molecule has 0 atom stereocenters. The molecular formula is C18H18N2. The number of benzene rings is 2. The van der Waals surface area contributed by atoms with E-state index in [0.29, 0.717) is 0 Å². The van der Waals surface area contributed by atoms with E-state index in [1.165, 1.54) is 22.4 Å². The Bertz CT molecular complexity index is 711. The average molecular weight is 262 g/mol. The lowest BCUT2D eigenvalue weighted by atomic mass is 9.98. The molecule has 0 aliphatic rings. The largest absolute Gasteiger partial charge is 0.268 e. The normalized spacial score (nSPS) is 10.7. The van der Waals surface area contributed by atoms with Gasteiger partial charge in [-0.1, -0.05) is 54.6 Å². The summed E-state index contributed by atoms with van der Waals surface area (Å²) in [4.78, 5) is 0. The monoisotopic (exact) mass is 262 g/mol. The van der Waals surface area contributed by atoms with Gasteiger partial charge in [-0.3, -0.25) is 4.68 Å². The van der Waals surface area contributed by atoms with Crippen molar-refractivity contribution in [1.29, 1.82) is 0 Å². The van der Waals surface area contributed by atoms with Crippen LogP contribution in [0.25, 0.3) is 11.3 Å². The Morgan fingerprint density at radius 2 is 1.65 bits per heavy atom. The fraction of sp³-hybridized carbons (Fsp3) is 0.167. The minimum atomic E-state index is 0.946. The molecule has 2 heteroatoms. The van der Waals surface area contributed by atoms with Crippen molar-refractivity contribution < 1.29 is 0 Å². The first-order valence-electron chi connectivity index (χ1n) is 6.87. The minimum Gasteiger partial charge on any atom is -0.268 e. The van der Waals surface area contributed by atoms with Crippen molar-refractivity contribution in [2.45, 2.75) is 13.3 Å². The summed E-state index contributed by atoms with van der Waals surface area (Å²) in [5, 5.41) is 4.45. The lowest BCUT2D eigenvalue weighted by Crippen LogP contribution is -1.97. The summed E-state index contributed by atoms with van der Waals surface area (Å²) in [6.45, 7) is 2.03. The molecule has 0 aliphatic heterocycles. The van der Waals surface area contributed by atoms with Crippen molar-refractivity contribution in [3.63, 3.8) is 0 Å². The van der Waals surface area contributed by atoms with Gasteiger partial charge in [-0.2, -0.15) is 5.10 Å². The van der Waals surface area contributed by atoms with Gasteiger partial charge < -0.3 is 0 Å². The van der Waals surface area contributed by atoms with Crippen LogP contribution in [-0.2, 0) is 13.5 Å². The molecule has 3 rings (SSSR count). The van der Waals surface area contributed by atoms with E-state index >= 15 is 0 Å². The van der Waals surface area contributed by atoms with E-state index in [-0.39, 0.29) is 0 Å². The van der Waals surface area contributed by atoms with Crippen LogP contribution in [0.1, 0.15) is 16.8 Å². The van der Waals surface area contributed by atoms with Crippen LogP contribution >= 0.6 is 0 Å². The number of aromatic nitrogens is 2. The lowest BCUT2D eigenvalue weighted by Gasteiger charge is -2.10. The Hall–Kier alpha value is -2.35. The summed E-state index contributed by atoms with van der Waals surface area (Å²) in [7, 11) is 2.00. The zero-order chi connectivity index (χ0) is 13.9. The fourth-order valence-corrected chi connectivity index (χ4v) is 2.60. The summed E-state index contributed by atoms with van der Waals surface area (Å²) in [6.07, 6.45) is 0.946. The molecule has 0 N–H and O–H groups in total. The van der Waals surface area contributed by atoms with Crippen LogP contribution in [0.2, 0.25) is 0 Å². The molecule has 0 unspecified atom stereocenters. The second kappa shape index (κ2) is 5.33. The number of nitrogens with zero attached hydrogens (tertiary/aromatic N) is 2. The summed E-state index contributed by atoms with van der Waals surface area (Å²) in [5.41, 5.74) is 6.16. The van der Waals surface area contributed by atoms with Gasteiger partial charge in [0, 0.05) is 12.6 Å². The Balaban J connectivity index is 2.03. The maximum atomic E-state index is 4.45. The minimum absolute atomic E-state index is 0.946. The molecule has 0 saturated carbocycles. The molecule has 0 amide bonds. The molecular weight excluding hydrogens is 244 g/mol. The van der Waals surface area contributed by atoms with Gasteiger partial charge in [0.2, 0.25) is 0 Å². The SMILES string of the molecule is Cc1cc(-c2ccccc2Cc2ccccc2)n(C)n1. The van der Waals surface area contributed by atoms with E-state index in [2.05, 4.69) is 65.8 Å². The number of hydrogen-bond acceptors (Lipinski definition) is 1. The zero-order valence-electron chi connectivity index (χ0n) is 11.9. The van der Waals surface area contributed by atoms with E-state index in [4.69, 9.17) is 0 Å². The first kappa shape index (κ1) is 12.7. The molecule has 1 heterocycles. The van der Waals surface area contributed by atoms with Crippen molar-refractivity contribution in [2.75, 3.05) is 0 Å². The molecule has 0 spiro atoms. The van der Waals surface area contributed by atoms with Gasteiger partial charge in [0.05, 0.1) is 11.4 Å². The number of rotatable bonds is 3. The average Bonchev–Trinajstić information content (AvgIpc) is 2.79. The van der Waals surface area contributed by atoms with Crippen LogP contribution in [0.15, 0.2) is 60.7 Å². The van der Waals surface area contributed by atoms with Crippen molar-refractivity contribution >= 4 is 0 Å². The van der Waals surface area contributed by atoms with Crippen molar-refractivity contribution in [3.05, 3.63) is 77.5 Å². The zero-order valence-corrected chi connectivity index (χ0v) is 11.9. The quantitative estimate of drug-likeness (QED) is 0.698. The molecule has 0 bridgehead atoms. The third-order valence-electron chi connectivity index (χ3n) is 3.53. The van der Waals surface area contributed by atoms with Crippen molar-refractivity contribution in [3.8, 4) is 11.3 Å². The summed E-state index contributed by atoms with van der Waals surface area (Å²) >= 11 is 0. The molecule has 2 nitrogen and oxygen atoms in total. The van der Waals surface area contributed by atoms with Gasteiger partial charge in [-0.05, 0) is 30.5 Å². The Morgan fingerprint density at radius 3 is 2.35 bits per heavy atom. The van der Waals surface area contributed by atoms with Gasteiger partial charge in [0.1, 0.15) is 0 Å².